The lowest BCUT2D eigenvalue weighted by atomic mass is 9.80. The van der Waals surface area contributed by atoms with Crippen LogP contribution < -0.4 is 5.73 Å². The van der Waals surface area contributed by atoms with E-state index in [4.69, 9.17) is 5.73 Å². The van der Waals surface area contributed by atoms with Gasteiger partial charge in [0.05, 0.1) is 5.69 Å². The van der Waals surface area contributed by atoms with E-state index in [9.17, 15) is 5.11 Å². The van der Waals surface area contributed by atoms with Gasteiger partial charge in [-0.1, -0.05) is 13.8 Å². The predicted octanol–water partition coefficient (Wildman–Crippen LogP) is 0.829. The number of nitrogens with zero attached hydrogens (tertiary/aromatic N) is 2. The van der Waals surface area contributed by atoms with Crippen LogP contribution in [0.5, 0.6) is 0 Å². The minimum absolute atomic E-state index is 0.270. The Labute approximate surface area is 84.7 Å². The third-order valence-electron chi connectivity index (χ3n) is 3.07. The molecule has 1 aromatic heterocycles. The highest BCUT2D eigenvalue weighted by Gasteiger charge is 2.32. The Morgan fingerprint density at radius 1 is 1.71 bits per heavy atom. The third-order valence-corrected chi connectivity index (χ3v) is 3.07. The topological polar surface area (TPSA) is 64.1 Å². The molecule has 0 aliphatic carbocycles. The van der Waals surface area contributed by atoms with Gasteiger partial charge in [0, 0.05) is 25.2 Å². The molecule has 1 rings (SSSR count). The van der Waals surface area contributed by atoms with Gasteiger partial charge < -0.3 is 10.8 Å². The Hall–Kier alpha value is -0.870. The number of hydrogen-bond donors (Lipinski definition) is 2. The lowest BCUT2D eigenvalue weighted by molar-refractivity contribution is 0.0327. The molecule has 0 bridgehead atoms. The van der Waals surface area contributed by atoms with Crippen molar-refractivity contribution >= 4 is 0 Å². The fraction of sp³-hybridized carbons (Fsp3) is 0.700. The molecule has 4 heteroatoms. The first kappa shape index (κ1) is 11.2. The molecule has 14 heavy (non-hydrogen) atoms. The van der Waals surface area contributed by atoms with Crippen LogP contribution in [0.1, 0.15) is 32.1 Å². The molecule has 0 aliphatic rings. The van der Waals surface area contributed by atoms with Crippen LogP contribution in [0.15, 0.2) is 12.3 Å². The van der Waals surface area contributed by atoms with Crippen molar-refractivity contribution in [3.05, 3.63) is 18.0 Å². The van der Waals surface area contributed by atoms with Crippen LogP contribution in [-0.4, -0.2) is 21.4 Å². The number of rotatable bonds is 4. The van der Waals surface area contributed by atoms with Gasteiger partial charge in [-0.05, 0) is 12.5 Å². The van der Waals surface area contributed by atoms with Crippen molar-refractivity contribution in [3.8, 4) is 0 Å². The largest absolute Gasteiger partial charge is 0.386 e. The molecule has 0 saturated heterocycles. The Balaban J connectivity index is 2.94. The molecule has 2 atom stereocenters. The molecule has 0 radical (unpaired) electrons. The Morgan fingerprint density at radius 2 is 2.36 bits per heavy atom. The zero-order valence-corrected chi connectivity index (χ0v) is 9.07. The summed E-state index contributed by atoms with van der Waals surface area (Å²) in [4.78, 5) is 0. The molecule has 80 valence electrons. The Bertz CT molecular complexity index is 291. The van der Waals surface area contributed by atoms with E-state index >= 15 is 0 Å². The summed E-state index contributed by atoms with van der Waals surface area (Å²) in [6.07, 6.45) is 1.98. The number of nitrogens with two attached hydrogens (primary N) is 1. The minimum atomic E-state index is -0.551. The summed E-state index contributed by atoms with van der Waals surface area (Å²) in [7, 11) is 1.82. The molecule has 0 aromatic carbocycles. The molecule has 0 saturated carbocycles. The zero-order chi connectivity index (χ0) is 10.8. The van der Waals surface area contributed by atoms with Gasteiger partial charge in [-0.2, -0.15) is 5.10 Å². The van der Waals surface area contributed by atoms with Gasteiger partial charge in [0.1, 0.15) is 6.10 Å². The molecule has 4 nitrogen and oxygen atoms in total. The van der Waals surface area contributed by atoms with Crippen LogP contribution in [0.25, 0.3) is 0 Å². The molecule has 3 N–H and O–H groups in total. The summed E-state index contributed by atoms with van der Waals surface area (Å²) >= 11 is 0. The average molecular weight is 197 g/mol. The molecule has 0 spiro atoms. The molecule has 0 fully saturated rings. The van der Waals surface area contributed by atoms with E-state index in [1.807, 2.05) is 27.0 Å². The Kier molecular flexibility index (Phi) is 3.29. The molecule has 0 amide bonds. The van der Waals surface area contributed by atoms with Gasteiger partial charge >= 0.3 is 0 Å². The fourth-order valence-corrected chi connectivity index (χ4v) is 1.46. The zero-order valence-electron chi connectivity index (χ0n) is 9.07. The predicted molar refractivity (Wildman–Crippen MR) is 55.6 cm³/mol. The number of aryl methyl sites for hydroxylation is 1. The third kappa shape index (κ3) is 1.81. The summed E-state index contributed by atoms with van der Waals surface area (Å²) < 4.78 is 1.69. The number of aliphatic hydroxyl groups excluding tert-OH is 1. The van der Waals surface area contributed by atoms with Crippen LogP contribution in [0.4, 0.5) is 0 Å². The van der Waals surface area contributed by atoms with Gasteiger partial charge in [-0.15, -0.1) is 0 Å². The van der Waals surface area contributed by atoms with E-state index in [0.29, 0.717) is 6.54 Å². The van der Waals surface area contributed by atoms with Gasteiger partial charge in [0.2, 0.25) is 0 Å². The normalized spacial score (nSPS) is 17.8. The van der Waals surface area contributed by atoms with Crippen molar-refractivity contribution in [2.45, 2.75) is 26.4 Å². The summed E-state index contributed by atoms with van der Waals surface area (Å²) in [5.74, 6) is 0. The van der Waals surface area contributed by atoms with E-state index in [1.54, 1.807) is 10.9 Å². The van der Waals surface area contributed by atoms with Crippen molar-refractivity contribution in [2.24, 2.45) is 18.2 Å². The number of hydrogen-bond acceptors (Lipinski definition) is 3. The lowest BCUT2D eigenvalue weighted by Gasteiger charge is -2.32. The number of aromatic nitrogens is 2. The second kappa shape index (κ2) is 4.11. The van der Waals surface area contributed by atoms with Gasteiger partial charge in [-0.25, -0.2) is 0 Å². The molecular weight excluding hydrogens is 178 g/mol. The quantitative estimate of drug-likeness (QED) is 0.751. The van der Waals surface area contributed by atoms with E-state index in [1.165, 1.54) is 0 Å². The van der Waals surface area contributed by atoms with E-state index in [2.05, 4.69) is 5.10 Å². The monoisotopic (exact) mass is 197 g/mol. The van der Waals surface area contributed by atoms with Crippen molar-refractivity contribution in [3.63, 3.8) is 0 Å². The van der Waals surface area contributed by atoms with Crippen molar-refractivity contribution in [2.75, 3.05) is 6.54 Å². The van der Waals surface area contributed by atoms with Crippen molar-refractivity contribution in [1.82, 2.24) is 9.78 Å². The van der Waals surface area contributed by atoms with Crippen LogP contribution in [0, 0.1) is 5.41 Å². The standard InChI is InChI=1S/C10H19N3O/c1-4-10(2,7-11)9(14)8-5-6-12-13(8)3/h5-6,9,14H,4,7,11H2,1-3H3. The van der Waals surface area contributed by atoms with Crippen LogP contribution >= 0.6 is 0 Å². The smallest absolute Gasteiger partial charge is 0.102 e. The Morgan fingerprint density at radius 3 is 2.71 bits per heavy atom. The molecule has 1 heterocycles. The molecule has 2 unspecified atom stereocenters. The maximum absolute atomic E-state index is 10.2. The van der Waals surface area contributed by atoms with E-state index in [-0.39, 0.29) is 5.41 Å². The molecule has 0 aliphatic heterocycles. The van der Waals surface area contributed by atoms with Crippen LogP contribution in [0.2, 0.25) is 0 Å². The fourth-order valence-electron chi connectivity index (χ4n) is 1.46. The second-order valence-electron chi connectivity index (χ2n) is 3.99. The summed E-state index contributed by atoms with van der Waals surface area (Å²) in [6.45, 7) is 4.49. The summed E-state index contributed by atoms with van der Waals surface area (Å²) in [5, 5.41) is 14.2. The second-order valence-corrected chi connectivity index (χ2v) is 3.99. The maximum Gasteiger partial charge on any atom is 0.102 e. The number of aliphatic hydroxyl groups is 1. The van der Waals surface area contributed by atoms with Crippen LogP contribution in [-0.2, 0) is 7.05 Å². The summed E-state index contributed by atoms with van der Waals surface area (Å²) in [5.41, 5.74) is 6.23. The van der Waals surface area contributed by atoms with Crippen molar-refractivity contribution < 1.29 is 5.11 Å². The molecule has 1 aromatic rings. The molecular formula is C10H19N3O. The highest BCUT2D eigenvalue weighted by molar-refractivity contribution is 5.08. The van der Waals surface area contributed by atoms with Gasteiger partial charge in [0.25, 0.3) is 0 Å². The average Bonchev–Trinajstić information content (AvgIpc) is 2.62. The minimum Gasteiger partial charge on any atom is -0.386 e. The van der Waals surface area contributed by atoms with Gasteiger partial charge in [-0.3, -0.25) is 4.68 Å². The summed E-state index contributed by atoms with van der Waals surface area (Å²) in [6, 6.07) is 1.83. The van der Waals surface area contributed by atoms with Crippen molar-refractivity contribution in [1.29, 1.82) is 0 Å². The highest BCUT2D eigenvalue weighted by atomic mass is 16.3. The SMILES string of the molecule is CCC(C)(CN)C(O)c1ccnn1C. The first-order valence-corrected chi connectivity index (χ1v) is 4.91. The first-order chi connectivity index (χ1) is 6.55. The lowest BCUT2D eigenvalue weighted by Crippen LogP contribution is -2.34. The van der Waals surface area contributed by atoms with Crippen LogP contribution in [0.3, 0.4) is 0 Å². The maximum atomic E-state index is 10.2. The van der Waals surface area contributed by atoms with E-state index in [0.717, 1.165) is 12.1 Å². The highest BCUT2D eigenvalue weighted by Crippen LogP contribution is 2.35. The van der Waals surface area contributed by atoms with E-state index < -0.39 is 6.10 Å². The van der Waals surface area contributed by atoms with Gasteiger partial charge in [0.15, 0.2) is 0 Å². The first-order valence-electron chi connectivity index (χ1n) is 4.91.